The Balaban J connectivity index is 1.35. The molecule has 0 spiro atoms. The summed E-state index contributed by atoms with van der Waals surface area (Å²) in [5.74, 6) is 0.0462. The molecule has 2 heterocycles. The summed E-state index contributed by atoms with van der Waals surface area (Å²) in [6, 6.07) is 8.62. The zero-order chi connectivity index (χ0) is 16.5. The lowest BCUT2D eigenvalue weighted by Crippen LogP contribution is -2.47. The molecule has 24 heavy (non-hydrogen) atoms. The first-order valence-electron chi connectivity index (χ1n) is 8.85. The molecule has 6 heteroatoms. The average Bonchev–Trinajstić information content (AvgIpc) is 3.13. The van der Waals surface area contributed by atoms with E-state index in [-0.39, 0.29) is 11.9 Å². The Hall–Kier alpha value is -2.08. The lowest BCUT2D eigenvalue weighted by molar-refractivity contribution is -0.132. The number of amides is 3. The second-order valence-corrected chi connectivity index (χ2v) is 6.95. The maximum atomic E-state index is 12.6. The predicted octanol–water partition coefficient (Wildman–Crippen LogP) is 0.370. The van der Waals surface area contributed by atoms with Gasteiger partial charge in [-0.15, -0.1) is 0 Å². The summed E-state index contributed by atoms with van der Waals surface area (Å²) < 4.78 is 0. The van der Waals surface area contributed by atoms with Crippen molar-refractivity contribution in [2.24, 2.45) is 0 Å². The van der Waals surface area contributed by atoms with Crippen molar-refractivity contribution in [1.29, 1.82) is 0 Å². The minimum absolute atomic E-state index is 0.0462. The highest BCUT2D eigenvalue weighted by Crippen LogP contribution is 2.26. The largest absolute Gasteiger partial charge is 0.340 e. The van der Waals surface area contributed by atoms with E-state index in [1.807, 2.05) is 4.90 Å². The van der Waals surface area contributed by atoms with E-state index < -0.39 is 6.04 Å². The second kappa shape index (κ2) is 6.43. The molecule has 0 saturated carbocycles. The Kier molecular flexibility index (Phi) is 4.14. The molecule has 4 rings (SSSR count). The van der Waals surface area contributed by atoms with Gasteiger partial charge in [0.1, 0.15) is 6.04 Å². The van der Waals surface area contributed by atoms with E-state index in [1.54, 1.807) is 0 Å². The summed E-state index contributed by atoms with van der Waals surface area (Å²) in [6.45, 7) is 3.88. The van der Waals surface area contributed by atoms with E-state index in [4.69, 9.17) is 0 Å². The fraction of sp³-hybridized carbons (Fsp3) is 0.556. The summed E-state index contributed by atoms with van der Waals surface area (Å²) in [4.78, 5) is 28.3. The molecular formula is C18H24N4O2. The van der Waals surface area contributed by atoms with E-state index in [0.717, 1.165) is 45.4 Å². The van der Waals surface area contributed by atoms with Crippen molar-refractivity contribution in [2.75, 3.05) is 32.7 Å². The molecule has 3 aliphatic rings. The van der Waals surface area contributed by atoms with Gasteiger partial charge in [0.15, 0.2) is 0 Å². The van der Waals surface area contributed by atoms with Crippen molar-refractivity contribution in [3.63, 3.8) is 0 Å². The van der Waals surface area contributed by atoms with Gasteiger partial charge in [0, 0.05) is 38.8 Å². The van der Waals surface area contributed by atoms with Crippen LogP contribution < -0.4 is 10.6 Å². The van der Waals surface area contributed by atoms with Crippen LogP contribution in [0.1, 0.15) is 17.5 Å². The molecule has 2 fully saturated rings. The van der Waals surface area contributed by atoms with E-state index in [0.29, 0.717) is 12.6 Å². The average molecular weight is 328 g/mol. The van der Waals surface area contributed by atoms with Crippen LogP contribution in [0.15, 0.2) is 24.3 Å². The maximum Gasteiger partial charge on any atom is 0.315 e. The van der Waals surface area contributed by atoms with Crippen LogP contribution in [0.3, 0.4) is 0 Å². The van der Waals surface area contributed by atoms with Gasteiger partial charge in [-0.05, 0) is 30.4 Å². The highest BCUT2D eigenvalue weighted by Gasteiger charge is 2.33. The van der Waals surface area contributed by atoms with Gasteiger partial charge in [-0.1, -0.05) is 24.3 Å². The molecule has 2 N–H and O–H groups in total. The Morgan fingerprint density at radius 2 is 1.79 bits per heavy atom. The number of carbonyl (C=O) groups excluding carboxylic acids is 2. The second-order valence-electron chi connectivity index (χ2n) is 6.95. The zero-order valence-electron chi connectivity index (χ0n) is 13.8. The van der Waals surface area contributed by atoms with Crippen LogP contribution in [0.4, 0.5) is 4.79 Å². The number of hydrogen-bond acceptors (Lipinski definition) is 3. The van der Waals surface area contributed by atoms with Crippen LogP contribution in [0.25, 0.3) is 0 Å². The summed E-state index contributed by atoms with van der Waals surface area (Å²) in [5, 5.41) is 5.36. The number of hydrogen-bond donors (Lipinski definition) is 2. The number of rotatable bonds is 2. The number of benzene rings is 1. The molecule has 1 unspecified atom stereocenters. The molecule has 0 bridgehead atoms. The fourth-order valence-electron chi connectivity index (χ4n) is 4.14. The Bertz CT molecular complexity index is 623. The molecule has 1 aliphatic carbocycles. The lowest BCUT2D eigenvalue weighted by Gasteiger charge is -2.27. The number of urea groups is 1. The van der Waals surface area contributed by atoms with E-state index in [2.05, 4.69) is 39.8 Å². The minimum Gasteiger partial charge on any atom is -0.340 e. The molecular weight excluding hydrogens is 304 g/mol. The predicted molar refractivity (Wildman–Crippen MR) is 90.7 cm³/mol. The van der Waals surface area contributed by atoms with Crippen LogP contribution in [-0.2, 0) is 17.6 Å². The molecule has 0 radical (unpaired) electrons. The van der Waals surface area contributed by atoms with E-state index in [9.17, 15) is 9.59 Å². The molecule has 0 aromatic heterocycles. The molecule has 1 atom stereocenters. The van der Waals surface area contributed by atoms with Gasteiger partial charge in [0.25, 0.3) is 0 Å². The van der Waals surface area contributed by atoms with Crippen molar-refractivity contribution in [3.05, 3.63) is 35.4 Å². The summed E-state index contributed by atoms with van der Waals surface area (Å²) in [5.41, 5.74) is 2.94. The molecule has 2 saturated heterocycles. The molecule has 6 nitrogen and oxygen atoms in total. The first-order valence-corrected chi connectivity index (χ1v) is 8.85. The van der Waals surface area contributed by atoms with Crippen molar-refractivity contribution < 1.29 is 9.59 Å². The van der Waals surface area contributed by atoms with Crippen molar-refractivity contribution >= 4 is 11.9 Å². The number of carbonyl (C=O) groups is 2. The molecule has 1 aromatic carbocycles. The Labute approximate surface area is 142 Å². The first-order chi connectivity index (χ1) is 11.7. The number of nitrogens with zero attached hydrogens (tertiary/aromatic N) is 2. The third-order valence-corrected chi connectivity index (χ3v) is 5.46. The number of fused-ring (bicyclic) bond motifs is 1. The quantitative estimate of drug-likeness (QED) is 0.824. The number of nitrogens with one attached hydrogen (secondary N) is 2. The van der Waals surface area contributed by atoms with Crippen LogP contribution in [0.5, 0.6) is 0 Å². The smallest absolute Gasteiger partial charge is 0.315 e. The first kappa shape index (κ1) is 15.4. The van der Waals surface area contributed by atoms with Gasteiger partial charge in [0.05, 0.1) is 0 Å². The van der Waals surface area contributed by atoms with E-state index >= 15 is 0 Å². The highest BCUT2D eigenvalue weighted by molar-refractivity contribution is 5.90. The molecule has 2 aliphatic heterocycles. The highest BCUT2D eigenvalue weighted by atomic mass is 16.2. The summed E-state index contributed by atoms with van der Waals surface area (Å²) >= 11 is 0. The molecule has 128 valence electrons. The van der Waals surface area contributed by atoms with Crippen LogP contribution in [0.2, 0.25) is 0 Å². The monoisotopic (exact) mass is 328 g/mol. The molecule has 1 aromatic rings. The van der Waals surface area contributed by atoms with Crippen molar-refractivity contribution in [3.8, 4) is 0 Å². The van der Waals surface area contributed by atoms with Gasteiger partial charge < -0.3 is 15.5 Å². The van der Waals surface area contributed by atoms with Crippen molar-refractivity contribution in [2.45, 2.75) is 31.3 Å². The van der Waals surface area contributed by atoms with Crippen LogP contribution >= 0.6 is 0 Å². The third-order valence-electron chi connectivity index (χ3n) is 5.46. The maximum absolute atomic E-state index is 12.6. The third kappa shape index (κ3) is 2.98. The topological polar surface area (TPSA) is 64.7 Å². The SMILES string of the molecule is O=C1NCC(C(=O)N2CCCN(C3Cc4ccccc4C3)CC2)N1. The normalized spacial score (nSPS) is 25.1. The fourth-order valence-corrected chi connectivity index (χ4v) is 4.14. The van der Waals surface area contributed by atoms with E-state index in [1.165, 1.54) is 11.1 Å². The summed E-state index contributed by atoms with van der Waals surface area (Å²) in [7, 11) is 0. The van der Waals surface area contributed by atoms with Gasteiger partial charge in [-0.25, -0.2) is 4.79 Å². The van der Waals surface area contributed by atoms with Gasteiger partial charge in [0.2, 0.25) is 5.91 Å². The Morgan fingerprint density at radius 3 is 2.46 bits per heavy atom. The van der Waals surface area contributed by atoms with Crippen LogP contribution in [-0.4, -0.2) is 66.5 Å². The van der Waals surface area contributed by atoms with Gasteiger partial charge in [-0.2, -0.15) is 0 Å². The summed E-state index contributed by atoms with van der Waals surface area (Å²) in [6.07, 6.45) is 3.23. The minimum atomic E-state index is -0.403. The standard InChI is InChI=1S/C18H24N4O2/c23-17(16-12-19-18(24)20-16)22-7-3-6-21(8-9-22)15-10-13-4-1-2-5-14(13)11-15/h1-2,4-5,15-16H,3,6-12H2,(H2,19,20,24). The Morgan fingerprint density at radius 1 is 1.04 bits per heavy atom. The van der Waals surface area contributed by atoms with Gasteiger partial charge in [-0.3, -0.25) is 9.69 Å². The van der Waals surface area contributed by atoms with Crippen LogP contribution in [0, 0.1) is 0 Å². The van der Waals surface area contributed by atoms with Gasteiger partial charge >= 0.3 is 6.03 Å². The zero-order valence-corrected chi connectivity index (χ0v) is 13.8. The molecule has 3 amide bonds. The lowest BCUT2D eigenvalue weighted by atomic mass is 10.1. The van der Waals surface area contributed by atoms with Crippen molar-refractivity contribution in [1.82, 2.24) is 20.4 Å².